The van der Waals surface area contributed by atoms with Gasteiger partial charge in [0.1, 0.15) is 11.9 Å². The molecule has 1 heterocycles. The summed E-state index contributed by atoms with van der Waals surface area (Å²) in [5.74, 6) is 0.747. The van der Waals surface area contributed by atoms with E-state index in [1.807, 2.05) is 54.6 Å². The van der Waals surface area contributed by atoms with Crippen LogP contribution < -0.4 is 10.5 Å². The summed E-state index contributed by atoms with van der Waals surface area (Å²) in [4.78, 5) is 4.33. The van der Waals surface area contributed by atoms with Crippen molar-refractivity contribution in [1.82, 2.24) is 4.98 Å². The Bertz CT molecular complexity index is 760. The van der Waals surface area contributed by atoms with Crippen molar-refractivity contribution in [1.29, 1.82) is 0 Å². The first-order valence-electron chi connectivity index (χ1n) is 6.73. The summed E-state index contributed by atoms with van der Waals surface area (Å²) < 4.78 is 5.99. The van der Waals surface area contributed by atoms with Gasteiger partial charge in [0.2, 0.25) is 0 Å². The molecule has 0 spiro atoms. The third kappa shape index (κ3) is 3.15. The number of hydrogen-bond acceptors (Lipinski definition) is 3. The maximum atomic E-state index is 6.02. The maximum absolute atomic E-state index is 6.02. The number of aromatic nitrogens is 1. The highest BCUT2D eigenvalue weighted by Crippen LogP contribution is 2.25. The molecule has 0 aliphatic heterocycles. The molecule has 106 valence electrons. The average molecular weight is 299 g/mol. The van der Waals surface area contributed by atoms with E-state index in [0.29, 0.717) is 11.6 Å². The van der Waals surface area contributed by atoms with E-state index >= 15 is 0 Å². The third-order valence-corrected chi connectivity index (χ3v) is 3.53. The molecule has 0 aliphatic carbocycles. The molecular weight excluding hydrogens is 284 g/mol. The normalized spacial score (nSPS) is 12.3. The molecule has 2 aromatic carbocycles. The zero-order valence-electron chi connectivity index (χ0n) is 11.4. The summed E-state index contributed by atoms with van der Waals surface area (Å²) in [6.07, 6.45) is 1.54. The Labute approximate surface area is 128 Å². The lowest BCUT2D eigenvalue weighted by molar-refractivity contribution is 0.214. The Morgan fingerprint density at radius 2 is 2.00 bits per heavy atom. The second kappa shape index (κ2) is 6.12. The second-order valence-electron chi connectivity index (χ2n) is 4.76. The van der Waals surface area contributed by atoms with Gasteiger partial charge in [0.25, 0.3) is 0 Å². The Balaban J connectivity index is 1.88. The van der Waals surface area contributed by atoms with Crippen LogP contribution in [-0.2, 0) is 0 Å². The summed E-state index contributed by atoms with van der Waals surface area (Å²) in [5.41, 5.74) is 7.70. The Hall–Kier alpha value is -2.10. The molecule has 0 amide bonds. The van der Waals surface area contributed by atoms with Gasteiger partial charge < -0.3 is 10.5 Å². The number of pyridine rings is 1. The largest absolute Gasteiger partial charge is 0.484 e. The molecule has 21 heavy (non-hydrogen) atoms. The second-order valence-corrected chi connectivity index (χ2v) is 5.19. The van der Waals surface area contributed by atoms with E-state index in [1.54, 1.807) is 6.20 Å². The molecule has 0 fully saturated rings. The maximum Gasteiger partial charge on any atom is 0.136 e. The number of ether oxygens (including phenoxy) is 1. The molecule has 4 heteroatoms. The smallest absolute Gasteiger partial charge is 0.136 e. The molecule has 2 N–H and O–H groups in total. The molecule has 1 aromatic heterocycles. The first kappa shape index (κ1) is 13.9. The number of halogens is 1. The highest BCUT2D eigenvalue weighted by Gasteiger charge is 2.12. The van der Waals surface area contributed by atoms with Gasteiger partial charge in [0.05, 0.1) is 5.52 Å². The van der Waals surface area contributed by atoms with Gasteiger partial charge in [0, 0.05) is 29.2 Å². The van der Waals surface area contributed by atoms with Gasteiger partial charge in [-0.25, -0.2) is 0 Å². The van der Waals surface area contributed by atoms with Crippen LogP contribution in [0.1, 0.15) is 11.7 Å². The van der Waals surface area contributed by atoms with Crippen molar-refractivity contribution in [2.75, 3.05) is 6.54 Å². The SMILES string of the molecule is NCC(Oc1ccc2cccnc2c1)c1cccc(Cl)c1. The summed E-state index contributed by atoms with van der Waals surface area (Å²) >= 11 is 6.02. The van der Waals surface area contributed by atoms with E-state index in [2.05, 4.69) is 4.98 Å². The van der Waals surface area contributed by atoms with Gasteiger partial charge in [-0.05, 0) is 35.9 Å². The lowest BCUT2D eigenvalue weighted by atomic mass is 10.1. The van der Waals surface area contributed by atoms with Crippen molar-refractivity contribution < 1.29 is 4.74 Å². The highest BCUT2D eigenvalue weighted by molar-refractivity contribution is 6.30. The van der Waals surface area contributed by atoms with Gasteiger partial charge >= 0.3 is 0 Å². The minimum absolute atomic E-state index is 0.232. The fourth-order valence-electron chi connectivity index (χ4n) is 2.24. The molecule has 0 aliphatic rings. The lowest BCUT2D eigenvalue weighted by Crippen LogP contribution is -2.18. The summed E-state index contributed by atoms with van der Waals surface area (Å²) in [5, 5.41) is 1.76. The summed E-state index contributed by atoms with van der Waals surface area (Å²) in [6, 6.07) is 17.3. The quantitative estimate of drug-likeness (QED) is 0.793. The number of nitrogens with zero attached hydrogens (tertiary/aromatic N) is 1. The molecule has 0 radical (unpaired) electrons. The minimum Gasteiger partial charge on any atom is -0.484 e. The van der Waals surface area contributed by atoms with Crippen LogP contribution in [0.4, 0.5) is 0 Å². The van der Waals surface area contributed by atoms with Crippen molar-refractivity contribution in [3.63, 3.8) is 0 Å². The topological polar surface area (TPSA) is 48.1 Å². The van der Waals surface area contributed by atoms with Crippen LogP contribution in [0.5, 0.6) is 5.75 Å². The van der Waals surface area contributed by atoms with Crippen LogP contribution in [0.2, 0.25) is 5.02 Å². The van der Waals surface area contributed by atoms with Crippen molar-refractivity contribution in [2.45, 2.75) is 6.10 Å². The van der Waals surface area contributed by atoms with E-state index in [0.717, 1.165) is 22.2 Å². The van der Waals surface area contributed by atoms with Crippen LogP contribution in [0.3, 0.4) is 0 Å². The monoisotopic (exact) mass is 298 g/mol. The van der Waals surface area contributed by atoms with Crippen molar-refractivity contribution in [3.05, 3.63) is 71.4 Å². The fraction of sp³-hybridized carbons (Fsp3) is 0.118. The number of rotatable bonds is 4. The number of nitrogens with two attached hydrogens (primary N) is 1. The van der Waals surface area contributed by atoms with E-state index in [9.17, 15) is 0 Å². The van der Waals surface area contributed by atoms with E-state index in [-0.39, 0.29) is 6.10 Å². The van der Waals surface area contributed by atoms with Gasteiger partial charge in [-0.15, -0.1) is 0 Å². The standard InChI is InChI=1S/C17H15ClN2O/c18-14-5-1-3-13(9-14)17(11-19)21-15-7-6-12-4-2-8-20-16(12)10-15/h1-10,17H,11,19H2. The zero-order valence-corrected chi connectivity index (χ0v) is 12.1. The molecule has 0 bridgehead atoms. The van der Waals surface area contributed by atoms with Crippen LogP contribution in [0.25, 0.3) is 10.9 Å². The van der Waals surface area contributed by atoms with Crippen LogP contribution in [0.15, 0.2) is 60.8 Å². The van der Waals surface area contributed by atoms with E-state index in [1.165, 1.54) is 0 Å². The molecule has 0 saturated carbocycles. The van der Waals surface area contributed by atoms with E-state index in [4.69, 9.17) is 22.1 Å². The Morgan fingerprint density at radius 3 is 2.81 bits per heavy atom. The van der Waals surface area contributed by atoms with Crippen LogP contribution in [-0.4, -0.2) is 11.5 Å². The summed E-state index contributed by atoms with van der Waals surface area (Å²) in [6.45, 7) is 0.376. The van der Waals surface area contributed by atoms with Gasteiger partial charge in [0.15, 0.2) is 0 Å². The van der Waals surface area contributed by atoms with E-state index < -0.39 is 0 Å². The first-order chi connectivity index (χ1) is 10.3. The van der Waals surface area contributed by atoms with Gasteiger partial charge in [-0.3, -0.25) is 4.98 Å². The molecule has 3 rings (SSSR count). The van der Waals surface area contributed by atoms with Crippen LogP contribution >= 0.6 is 11.6 Å². The highest BCUT2D eigenvalue weighted by atomic mass is 35.5. The Kier molecular flexibility index (Phi) is 4.04. The fourth-order valence-corrected chi connectivity index (χ4v) is 2.44. The van der Waals surface area contributed by atoms with Gasteiger partial charge in [-0.2, -0.15) is 0 Å². The van der Waals surface area contributed by atoms with Crippen molar-refractivity contribution >= 4 is 22.5 Å². The predicted molar refractivity (Wildman–Crippen MR) is 85.6 cm³/mol. The molecule has 3 nitrogen and oxygen atoms in total. The average Bonchev–Trinajstić information content (AvgIpc) is 2.52. The zero-order chi connectivity index (χ0) is 14.7. The Morgan fingerprint density at radius 1 is 1.10 bits per heavy atom. The molecule has 1 unspecified atom stereocenters. The molecule has 1 atom stereocenters. The van der Waals surface area contributed by atoms with Gasteiger partial charge in [-0.1, -0.05) is 29.8 Å². The predicted octanol–water partition coefficient (Wildman–Crippen LogP) is 3.97. The minimum atomic E-state index is -0.232. The molecular formula is C17H15ClN2O. The number of benzene rings is 2. The first-order valence-corrected chi connectivity index (χ1v) is 7.11. The molecule has 0 saturated heterocycles. The number of hydrogen-bond donors (Lipinski definition) is 1. The lowest BCUT2D eigenvalue weighted by Gasteiger charge is -2.18. The van der Waals surface area contributed by atoms with Crippen molar-refractivity contribution in [2.24, 2.45) is 5.73 Å². The number of fused-ring (bicyclic) bond motifs is 1. The summed E-state index contributed by atoms with van der Waals surface area (Å²) in [7, 11) is 0. The van der Waals surface area contributed by atoms with Crippen molar-refractivity contribution in [3.8, 4) is 5.75 Å². The van der Waals surface area contributed by atoms with Crippen LogP contribution in [0, 0.1) is 0 Å². The third-order valence-electron chi connectivity index (χ3n) is 3.29. The molecule has 3 aromatic rings.